The fourth-order valence-corrected chi connectivity index (χ4v) is 2.67. The molecule has 0 saturated carbocycles. The maximum absolute atomic E-state index is 12.3. The number of aromatic nitrogens is 1. The number of hydrazone groups is 1. The van der Waals surface area contributed by atoms with E-state index in [0.717, 1.165) is 5.69 Å². The summed E-state index contributed by atoms with van der Waals surface area (Å²) >= 11 is 0. The first kappa shape index (κ1) is 20.7. The lowest BCUT2D eigenvalue weighted by atomic mass is 10.2. The Balaban J connectivity index is 1.71. The number of carbonyl (C=O) groups is 2. The van der Waals surface area contributed by atoms with Crippen LogP contribution in [-0.2, 0) is 4.79 Å². The van der Waals surface area contributed by atoms with Gasteiger partial charge in [0.25, 0.3) is 5.91 Å². The SMILES string of the molecule is COc1cccc(/C=N/NC(=O)c2ccc(-n3cccc3)cc2)c1O[C@@H](C)C(=O)O. The molecule has 0 unspecified atom stereocenters. The summed E-state index contributed by atoms with van der Waals surface area (Å²) in [4.78, 5) is 23.5. The molecule has 0 radical (unpaired) electrons. The molecule has 8 heteroatoms. The molecule has 0 spiro atoms. The molecule has 0 aliphatic rings. The van der Waals surface area contributed by atoms with Crippen LogP contribution < -0.4 is 14.9 Å². The molecule has 8 nitrogen and oxygen atoms in total. The number of carboxylic acid groups (broad SMARTS) is 1. The molecular formula is C22H21N3O5. The molecule has 0 bridgehead atoms. The van der Waals surface area contributed by atoms with E-state index in [4.69, 9.17) is 14.6 Å². The van der Waals surface area contributed by atoms with E-state index in [9.17, 15) is 9.59 Å². The van der Waals surface area contributed by atoms with Gasteiger partial charge in [0.05, 0.1) is 13.3 Å². The molecule has 1 heterocycles. The highest BCUT2D eigenvalue weighted by atomic mass is 16.5. The van der Waals surface area contributed by atoms with Gasteiger partial charge in [0.1, 0.15) is 0 Å². The van der Waals surface area contributed by atoms with Crippen molar-refractivity contribution < 1.29 is 24.2 Å². The molecule has 0 aliphatic heterocycles. The average Bonchev–Trinajstić information content (AvgIpc) is 3.29. The van der Waals surface area contributed by atoms with Crippen molar-refractivity contribution in [3.63, 3.8) is 0 Å². The standard InChI is InChI=1S/C22H21N3O5/c1-15(22(27)28)30-20-17(6-5-7-19(20)29-2)14-23-24-21(26)16-8-10-18(11-9-16)25-12-3-4-13-25/h3-15H,1-2H3,(H,24,26)(H,27,28)/b23-14+/t15-/m0/s1. The molecule has 3 aromatic rings. The van der Waals surface area contributed by atoms with E-state index in [1.807, 2.05) is 41.2 Å². The monoisotopic (exact) mass is 407 g/mol. The fraction of sp³-hybridized carbons (Fsp3) is 0.136. The van der Waals surface area contributed by atoms with Gasteiger partial charge in [-0.1, -0.05) is 6.07 Å². The summed E-state index contributed by atoms with van der Waals surface area (Å²) in [5, 5.41) is 13.1. The average molecular weight is 407 g/mol. The third-order valence-corrected chi connectivity index (χ3v) is 4.27. The van der Waals surface area contributed by atoms with Gasteiger partial charge < -0.3 is 19.1 Å². The van der Waals surface area contributed by atoms with Gasteiger partial charge in [0.2, 0.25) is 0 Å². The smallest absolute Gasteiger partial charge is 0.344 e. The molecule has 2 aromatic carbocycles. The van der Waals surface area contributed by atoms with Gasteiger partial charge in [-0.25, -0.2) is 10.2 Å². The largest absolute Gasteiger partial charge is 0.493 e. The van der Waals surface area contributed by atoms with Gasteiger partial charge in [0.15, 0.2) is 17.6 Å². The van der Waals surface area contributed by atoms with Crippen LogP contribution in [0.5, 0.6) is 11.5 Å². The highest BCUT2D eigenvalue weighted by molar-refractivity contribution is 5.95. The number of nitrogens with zero attached hydrogens (tertiary/aromatic N) is 2. The van der Waals surface area contributed by atoms with Gasteiger partial charge in [-0.15, -0.1) is 0 Å². The van der Waals surface area contributed by atoms with Crippen molar-refractivity contribution in [2.45, 2.75) is 13.0 Å². The molecule has 154 valence electrons. The van der Waals surface area contributed by atoms with Crippen LogP contribution in [-0.4, -0.2) is 41.0 Å². The highest BCUT2D eigenvalue weighted by Crippen LogP contribution is 2.31. The Morgan fingerprint density at radius 2 is 1.80 bits per heavy atom. The number of carbonyl (C=O) groups excluding carboxylic acids is 1. The third-order valence-electron chi connectivity index (χ3n) is 4.27. The first-order valence-electron chi connectivity index (χ1n) is 9.13. The van der Waals surface area contributed by atoms with E-state index < -0.39 is 12.1 Å². The number of para-hydroxylation sites is 1. The molecular weight excluding hydrogens is 386 g/mol. The minimum atomic E-state index is -1.11. The molecule has 0 fully saturated rings. The van der Waals surface area contributed by atoms with Gasteiger partial charge >= 0.3 is 5.97 Å². The number of hydrogen-bond donors (Lipinski definition) is 2. The van der Waals surface area contributed by atoms with Gasteiger partial charge in [-0.05, 0) is 55.5 Å². The van der Waals surface area contributed by atoms with Crippen molar-refractivity contribution in [2.24, 2.45) is 5.10 Å². The summed E-state index contributed by atoms with van der Waals surface area (Å²) in [6.45, 7) is 1.41. The summed E-state index contributed by atoms with van der Waals surface area (Å²) in [6, 6.07) is 15.9. The van der Waals surface area contributed by atoms with E-state index in [1.54, 1.807) is 30.3 Å². The second kappa shape index (κ2) is 9.42. The van der Waals surface area contributed by atoms with Crippen LogP contribution in [0, 0.1) is 0 Å². The Morgan fingerprint density at radius 3 is 2.43 bits per heavy atom. The summed E-state index contributed by atoms with van der Waals surface area (Å²) in [6.07, 6.45) is 4.12. The summed E-state index contributed by atoms with van der Waals surface area (Å²) in [5.74, 6) is -0.905. The van der Waals surface area contributed by atoms with Crippen LogP contribution >= 0.6 is 0 Å². The van der Waals surface area contributed by atoms with Crippen LogP contribution in [0.4, 0.5) is 0 Å². The Labute approximate surface area is 173 Å². The summed E-state index contributed by atoms with van der Waals surface area (Å²) in [7, 11) is 1.45. The zero-order valence-corrected chi connectivity index (χ0v) is 16.5. The minimum absolute atomic E-state index is 0.226. The molecule has 1 atom stereocenters. The van der Waals surface area contributed by atoms with E-state index in [1.165, 1.54) is 20.2 Å². The zero-order chi connectivity index (χ0) is 21.5. The first-order chi connectivity index (χ1) is 14.5. The van der Waals surface area contributed by atoms with Crippen LogP contribution in [0.25, 0.3) is 5.69 Å². The van der Waals surface area contributed by atoms with E-state index in [2.05, 4.69) is 10.5 Å². The molecule has 30 heavy (non-hydrogen) atoms. The number of ether oxygens (including phenoxy) is 2. The van der Waals surface area contributed by atoms with Crippen LogP contribution in [0.3, 0.4) is 0 Å². The predicted octanol–water partition coefficient (Wildman–Crippen LogP) is 3.10. The second-order valence-corrected chi connectivity index (χ2v) is 6.31. The van der Waals surface area contributed by atoms with Crippen molar-refractivity contribution >= 4 is 18.1 Å². The number of nitrogens with one attached hydrogen (secondary N) is 1. The second-order valence-electron chi connectivity index (χ2n) is 6.31. The quantitative estimate of drug-likeness (QED) is 0.441. The van der Waals surface area contributed by atoms with Crippen molar-refractivity contribution in [3.8, 4) is 17.2 Å². The van der Waals surface area contributed by atoms with Crippen molar-refractivity contribution in [1.82, 2.24) is 9.99 Å². The van der Waals surface area contributed by atoms with Crippen molar-refractivity contribution in [2.75, 3.05) is 7.11 Å². The lowest BCUT2D eigenvalue weighted by Crippen LogP contribution is -2.24. The topological polar surface area (TPSA) is 102 Å². The highest BCUT2D eigenvalue weighted by Gasteiger charge is 2.18. The Hall–Kier alpha value is -4.07. The summed E-state index contributed by atoms with van der Waals surface area (Å²) < 4.78 is 12.7. The maximum Gasteiger partial charge on any atom is 0.344 e. The Kier molecular flexibility index (Phi) is 6.49. The predicted molar refractivity (Wildman–Crippen MR) is 112 cm³/mol. The lowest BCUT2D eigenvalue weighted by molar-refractivity contribution is -0.144. The number of amides is 1. The molecule has 3 rings (SSSR count). The number of hydrogen-bond acceptors (Lipinski definition) is 5. The number of methoxy groups -OCH3 is 1. The van der Waals surface area contributed by atoms with Crippen molar-refractivity contribution in [1.29, 1.82) is 0 Å². The number of aliphatic carboxylic acids is 1. The van der Waals surface area contributed by atoms with E-state index in [0.29, 0.717) is 16.9 Å². The Bertz CT molecular complexity index is 1040. The molecule has 1 amide bonds. The number of carboxylic acids is 1. The normalized spacial score (nSPS) is 11.8. The number of benzene rings is 2. The molecule has 0 saturated heterocycles. The molecule has 0 aliphatic carbocycles. The van der Waals surface area contributed by atoms with Gasteiger partial charge in [-0.2, -0.15) is 5.10 Å². The third kappa shape index (κ3) is 4.85. The molecule has 2 N–H and O–H groups in total. The van der Waals surface area contributed by atoms with E-state index in [-0.39, 0.29) is 11.7 Å². The Morgan fingerprint density at radius 1 is 1.10 bits per heavy atom. The molecule has 1 aromatic heterocycles. The fourth-order valence-electron chi connectivity index (χ4n) is 2.67. The minimum Gasteiger partial charge on any atom is -0.493 e. The van der Waals surface area contributed by atoms with Crippen LogP contribution in [0.15, 0.2) is 72.1 Å². The van der Waals surface area contributed by atoms with Crippen LogP contribution in [0.2, 0.25) is 0 Å². The van der Waals surface area contributed by atoms with Gasteiger partial charge in [-0.3, -0.25) is 4.79 Å². The van der Waals surface area contributed by atoms with Crippen molar-refractivity contribution in [3.05, 3.63) is 78.1 Å². The van der Waals surface area contributed by atoms with E-state index >= 15 is 0 Å². The maximum atomic E-state index is 12.3. The number of rotatable bonds is 8. The lowest BCUT2D eigenvalue weighted by Gasteiger charge is -2.15. The summed E-state index contributed by atoms with van der Waals surface area (Å²) in [5.41, 5.74) is 4.30. The van der Waals surface area contributed by atoms with Crippen LogP contribution in [0.1, 0.15) is 22.8 Å². The first-order valence-corrected chi connectivity index (χ1v) is 9.13. The zero-order valence-electron chi connectivity index (χ0n) is 16.5. The van der Waals surface area contributed by atoms with Gasteiger partial charge in [0, 0.05) is 29.2 Å².